The molecule has 0 aromatic rings. The van der Waals surface area contributed by atoms with Crippen LogP contribution in [0, 0.1) is 0 Å². The van der Waals surface area contributed by atoms with Gasteiger partial charge in [0.1, 0.15) is 0 Å². The SMILES string of the molecule is On1ccc(Cl)c2ccnc1-2. The van der Waals surface area contributed by atoms with Crippen LogP contribution < -0.4 is 0 Å². The first-order valence-corrected chi connectivity index (χ1v) is 3.47. The molecule has 0 saturated carbocycles. The minimum absolute atomic E-state index is 0.484. The fourth-order valence-corrected chi connectivity index (χ4v) is 1.20. The highest BCUT2D eigenvalue weighted by Gasteiger charge is 2.10. The van der Waals surface area contributed by atoms with Crippen molar-refractivity contribution >= 4 is 11.6 Å². The van der Waals surface area contributed by atoms with Crippen molar-refractivity contribution in [2.24, 2.45) is 0 Å². The summed E-state index contributed by atoms with van der Waals surface area (Å²) in [6, 6.07) is 3.37. The van der Waals surface area contributed by atoms with Crippen molar-refractivity contribution in [2.75, 3.05) is 0 Å². The lowest BCUT2D eigenvalue weighted by atomic mass is 10.2. The molecule has 0 aromatic carbocycles. The average Bonchev–Trinajstić information content (AvgIpc) is 2.45. The smallest absolute Gasteiger partial charge is 0.176 e. The molecule has 3 nitrogen and oxygen atoms in total. The van der Waals surface area contributed by atoms with Crippen LogP contribution in [0.5, 0.6) is 0 Å². The molecule has 1 N–H and O–H groups in total. The Morgan fingerprint density at radius 1 is 1.45 bits per heavy atom. The number of pyridine rings is 1. The van der Waals surface area contributed by atoms with Crippen molar-refractivity contribution < 1.29 is 5.21 Å². The van der Waals surface area contributed by atoms with Crippen LogP contribution in [0.15, 0.2) is 24.5 Å². The maximum Gasteiger partial charge on any atom is 0.176 e. The molecule has 0 unspecified atom stereocenters. The Hall–Kier alpha value is -1.22. The van der Waals surface area contributed by atoms with Gasteiger partial charge in [-0.1, -0.05) is 11.6 Å². The molecule has 2 heterocycles. The summed E-state index contributed by atoms with van der Waals surface area (Å²) in [5, 5.41) is 9.78. The van der Waals surface area contributed by atoms with E-state index in [2.05, 4.69) is 4.98 Å². The van der Waals surface area contributed by atoms with E-state index in [1.165, 1.54) is 6.20 Å². The molecule has 2 rings (SSSR count). The number of aromatic nitrogens is 2. The summed E-state index contributed by atoms with van der Waals surface area (Å²) in [4.78, 5) is 3.91. The summed E-state index contributed by atoms with van der Waals surface area (Å²) < 4.78 is 0.946. The normalized spacial score (nSPS) is 10.6. The highest BCUT2D eigenvalue weighted by atomic mass is 35.5. The molecular formula is C7H5ClN2O. The molecule has 2 aliphatic rings. The molecule has 0 aliphatic carbocycles. The number of rotatable bonds is 0. The number of nitrogens with zero attached hydrogens (tertiary/aromatic N) is 2. The van der Waals surface area contributed by atoms with Gasteiger partial charge in [0.25, 0.3) is 0 Å². The summed E-state index contributed by atoms with van der Waals surface area (Å²) >= 11 is 5.81. The third-order valence-electron chi connectivity index (χ3n) is 1.52. The molecule has 0 spiro atoms. The average molecular weight is 169 g/mol. The Kier molecular flexibility index (Phi) is 1.26. The lowest BCUT2D eigenvalue weighted by Gasteiger charge is -2.03. The first kappa shape index (κ1) is 6.49. The Labute approximate surface area is 68.2 Å². The van der Waals surface area contributed by atoms with Crippen molar-refractivity contribution in [3.63, 3.8) is 0 Å². The van der Waals surface area contributed by atoms with E-state index in [-0.39, 0.29) is 0 Å². The van der Waals surface area contributed by atoms with Gasteiger partial charge < -0.3 is 5.21 Å². The van der Waals surface area contributed by atoms with E-state index in [1.54, 1.807) is 18.3 Å². The van der Waals surface area contributed by atoms with Crippen LogP contribution in [0.25, 0.3) is 11.4 Å². The van der Waals surface area contributed by atoms with Crippen LogP contribution in [-0.2, 0) is 0 Å². The lowest BCUT2D eigenvalue weighted by Crippen LogP contribution is -1.97. The van der Waals surface area contributed by atoms with E-state index >= 15 is 0 Å². The monoisotopic (exact) mass is 168 g/mol. The topological polar surface area (TPSA) is 38.0 Å². The second-order valence-electron chi connectivity index (χ2n) is 2.19. The molecule has 0 radical (unpaired) electrons. The Balaban J connectivity index is 2.82. The minimum atomic E-state index is 0.484. The minimum Gasteiger partial charge on any atom is -0.427 e. The van der Waals surface area contributed by atoms with Crippen molar-refractivity contribution in [2.45, 2.75) is 0 Å². The molecule has 0 atom stereocenters. The zero-order valence-corrected chi connectivity index (χ0v) is 6.28. The summed E-state index contributed by atoms with van der Waals surface area (Å²) in [5.41, 5.74) is 0.761. The number of halogens is 1. The highest BCUT2D eigenvalue weighted by molar-refractivity contribution is 6.33. The highest BCUT2D eigenvalue weighted by Crippen LogP contribution is 2.27. The maximum atomic E-state index is 9.18. The predicted molar refractivity (Wildman–Crippen MR) is 41.0 cm³/mol. The molecule has 4 heteroatoms. The van der Waals surface area contributed by atoms with Crippen molar-refractivity contribution in [3.8, 4) is 11.4 Å². The predicted octanol–water partition coefficient (Wildman–Crippen LogP) is 1.88. The first-order valence-electron chi connectivity index (χ1n) is 3.10. The Bertz CT molecular complexity index is 325. The van der Waals surface area contributed by atoms with Gasteiger partial charge in [-0.15, -0.1) is 0 Å². The fraction of sp³-hybridized carbons (Fsp3) is 0. The van der Waals surface area contributed by atoms with Crippen LogP contribution in [0.2, 0.25) is 5.02 Å². The quantitative estimate of drug-likeness (QED) is 0.610. The van der Waals surface area contributed by atoms with Crippen LogP contribution in [0.3, 0.4) is 0 Å². The summed E-state index contributed by atoms with van der Waals surface area (Å²) in [6.07, 6.45) is 3.06. The van der Waals surface area contributed by atoms with Gasteiger partial charge in [0, 0.05) is 18.0 Å². The maximum absolute atomic E-state index is 9.18. The number of fused-ring (bicyclic) bond motifs is 1. The molecule has 11 heavy (non-hydrogen) atoms. The standard InChI is InChI=1S/C7H5ClN2O/c8-6-2-4-10(11)7-5(6)1-3-9-7/h1-4,11H. The van der Waals surface area contributed by atoms with E-state index in [0.717, 1.165) is 10.3 Å². The van der Waals surface area contributed by atoms with Gasteiger partial charge in [-0.05, 0) is 12.1 Å². The summed E-state index contributed by atoms with van der Waals surface area (Å²) in [6.45, 7) is 0. The molecule has 0 bridgehead atoms. The van der Waals surface area contributed by atoms with E-state index in [1.807, 2.05) is 0 Å². The Morgan fingerprint density at radius 2 is 2.27 bits per heavy atom. The summed E-state index contributed by atoms with van der Waals surface area (Å²) in [5.74, 6) is 0.484. The molecule has 0 saturated heterocycles. The Morgan fingerprint density at radius 3 is 3.00 bits per heavy atom. The zero-order chi connectivity index (χ0) is 7.84. The van der Waals surface area contributed by atoms with E-state index in [0.29, 0.717) is 10.8 Å². The number of hydrogen-bond donors (Lipinski definition) is 1. The van der Waals surface area contributed by atoms with Crippen LogP contribution in [0.1, 0.15) is 0 Å². The number of hydrogen-bond acceptors (Lipinski definition) is 2. The fourth-order valence-electron chi connectivity index (χ4n) is 0.992. The van der Waals surface area contributed by atoms with E-state index < -0.39 is 0 Å². The second kappa shape index (κ2) is 2.13. The molecular weight excluding hydrogens is 164 g/mol. The summed E-state index contributed by atoms with van der Waals surface area (Å²) in [7, 11) is 0. The van der Waals surface area contributed by atoms with Crippen LogP contribution >= 0.6 is 11.6 Å². The van der Waals surface area contributed by atoms with Gasteiger partial charge in [0.15, 0.2) is 5.82 Å². The van der Waals surface area contributed by atoms with Gasteiger partial charge >= 0.3 is 0 Å². The molecule has 56 valence electrons. The van der Waals surface area contributed by atoms with Gasteiger partial charge in [0.2, 0.25) is 0 Å². The zero-order valence-electron chi connectivity index (χ0n) is 5.53. The first-order chi connectivity index (χ1) is 5.29. The third kappa shape index (κ3) is 0.851. The molecule has 2 aliphatic heterocycles. The van der Waals surface area contributed by atoms with Crippen LogP contribution in [0.4, 0.5) is 0 Å². The molecule has 0 aromatic heterocycles. The van der Waals surface area contributed by atoms with Gasteiger partial charge in [0.05, 0.1) is 5.02 Å². The second-order valence-corrected chi connectivity index (χ2v) is 2.60. The van der Waals surface area contributed by atoms with Crippen molar-refractivity contribution in [1.82, 2.24) is 9.71 Å². The van der Waals surface area contributed by atoms with Gasteiger partial charge in [-0.2, -0.15) is 4.73 Å². The molecule has 0 fully saturated rings. The van der Waals surface area contributed by atoms with E-state index in [4.69, 9.17) is 11.6 Å². The van der Waals surface area contributed by atoms with E-state index in [9.17, 15) is 5.21 Å². The van der Waals surface area contributed by atoms with Gasteiger partial charge in [-0.25, -0.2) is 4.98 Å². The lowest BCUT2D eigenvalue weighted by molar-refractivity contribution is 0.187. The largest absolute Gasteiger partial charge is 0.427 e. The molecule has 0 amide bonds. The third-order valence-corrected chi connectivity index (χ3v) is 1.84. The van der Waals surface area contributed by atoms with Gasteiger partial charge in [-0.3, -0.25) is 0 Å². The van der Waals surface area contributed by atoms with Crippen molar-refractivity contribution in [3.05, 3.63) is 29.5 Å². The van der Waals surface area contributed by atoms with Crippen molar-refractivity contribution in [1.29, 1.82) is 0 Å². The van der Waals surface area contributed by atoms with Crippen LogP contribution in [-0.4, -0.2) is 14.9 Å².